The van der Waals surface area contributed by atoms with E-state index >= 15 is 0 Å². The lowest BCUT2D eigenvalue weighted by atomic mass is 9.78. The Morgan fingerprint density at radius 3 is 2.72 bits per heavy atom. The van der Waals surface area contributed by atoms with Crippen LogP contribution in [0.3, 0.4) is 0 Å². The molecule has 1 aromatic rings. The van der Waals surface area contributed by atoms with Gasteiger partial charge in [0.15, 0.2) is 0 Å². The van der Waals surface area contributed by atoms with Gasteiger partial charge in [-0.1, -0.05) is 61.0 Å². The van der Waals surface area contributed by atoms with E-state index in [1.54, 1.807) is 0 Å². The number of rotatable bonds is 6. The lowest BCUT2D eigenvalue weighted by Gasteiger charge is -2.31. The Kier molecular flexibility index (Phi) is 6.23. The molecule has 1 fully saturated rings. The van der Waals surface area contributed by atoms with E-state index in [2.05, 4.69) is 40.4 Å². The van der Waals surface area contributed by atoms with Gasteiger partial charge in [0.1, 0.15) is 0 Å². The summed E-state index contributed by atoms with van der Waals surface area (Å²) >= 11 is 5.84. The van der Waals surface area contributed by atoms with Gasteiger partial charge in [0.25, 0.3) is 0 Å². The standard InChI is InChI=1S/C16H25BrS/c1-2-3-5-13-7-9-14(10-8-13)16(17)12-15-6-4-11-18-15/h4,6,11,13-14,16H,2-3,5,7-10,12H2,1H3. The minimum atomic E-state index is 0.697. The fraction of sp³-hybridized carbons (Fsp3) is 0.750. The molecule has 0 nitrogen and oxygen atoms in total. The average Bonchev–Trinajstić information content (AvgIpc) is 2.89. The Bertz CT molecular complexity index is 312. The Balaban J connectivity index is 1.72. The third-order valence-corrected chi connectivity index (χ3v) is 6.32. The topological polar surface area (TPSA) is 0 Å². The van der Waals surface area contributed by atoms with Gasteiger partial charge in [0, 0.05) is 9.70 Å². The van der Waals surface area contributed by atoms with Crippen molar-refractivity contribution < 1.29 is 0 Å². The third kappa shape index (κ3) is 4.38. The molecule has 2 heteroatoms. The molecule has 1 unspecified atom stereocenters. The van der Waals surface area contributed by atoms with Crippen LogP contribution in [0.5, 0.6) is 0 Å². The second-order valence-corrected chi connectivity index (χ2v) is 7.93. The molecule has 0 aliphatic heterocycles. The highest BCUT2D eigenvalue weighted by Crippen LogP contribution is 2.37. The first-order valence-corrected chi connectivity index (χ1v) is 9.25. The number of hydrogen-bond donors (Lipinski definition) is 0. The maximum Gasteiger partial charge on any atom is 0.0222 e. The third-order valence-electron chi connectivity index (χ3n) is 4.35. The van der Waals surface area contributed by atoms with Gasteiger partial charge >= 0.3 is 0 Å². The van der Waals surface area contributed by atoms with E-state index < -0.39 is 0 Å². The lowest BCUT2D eigenvalue weighted by Crippen LogP contribution is -2.23. The zero-order chi connectivity index (χ0) is 12.8. The van der Waals surface area contributed by atoms with Gasteiger partial charge in [-0.15, -0.1) is 11.3 Å². The van der Waals surface area contributed by atoms with Crippen LogP contribution >= 0.6 is 27.3 Å². The first-order chi connectivity index (χ1) is 8.79. The highest BCUT2D eigenvalue weighted by Gasteiger charge is 2.26. The number of unbranched alkanes of at least 4 members (excludes halogenated alkanes) is 1. The van der Waals surface area contributed by atoms with Gasteiger partial charge in [0.2, 0.25) is 0 Å². The smallest absolute Gasteiger partial charge is 0.0222 e. The van der Waals surface area contributed by atoms with Crippen LogP contribution in [0, 0.1) is 11.8 Å². The van der Waals surface area contributed by atoms with Crippen molar-refractivity contribution in [2.45, 2.75) is 63.1 Å². The van der Waals surface area contributed by atoms with Crippen LogP contribution in [-0.2, 0) is 6.42 Å². The lowest BCUT2D eigenvalue weighted by molar-refractivity contribution is 0.256. The average molecular weight is 329 g/mol. The molecular weight excluding hydrogens is 304 g/mol. The maximum absolute atomic E-state index is 3.94. The zero-order valence-electron chi connectivity index (χ0n) is 11.4. The van der Waals surface area contributed by atoms with Crippen molar-refractivity contribution in [3.8, 4) is 0 Å². The summed E-state index contributed by atoms with van der Waals surface area (Å²) < 4.78 is 0. The predicted octanol–water partition coefficient (Wildman–Crippen LogP) is 6.05. The molecule has 0 aromatic carbocycles. The summed E-state index contributed by atoms with van der Waals surface area (Å²) in [6, 6.07) is 4.44. The van der Waals surface area contributed by atoms with Crippen molar-refractivity contribution in [1.29, 1.82) is 0 Å². The molecule has 1 heterocycles. The molecule has 1 atom stereocenters. The van der Waals surface area contributed by atoms with Crippen LogP contribution in [0.2, 0.25) is 0 Å². The summed E-state index contributed by atoms with van der Waals surface area (Å²) in [6.07, 6.45) is 11.3. The van der Waals surface area contributed by atoms with Crippen molar-refractivity contribution in [3.63, 3.8) is 0 Å². The Labute approximate surface area is 124 Å². The fourth-order valence-electron chi connectivity index (χ4n) is 3.12. The maximum atomic E-state index is 3.94. The number of thiophene rings is 1. The quantitative estimate of drug-likeness (QED) is 0.557. The molecule has 0 spiro atoms. The summed E-state index contributed by atoms with van der Waals surface area (Å²) in [5.74, 6) is 1.94. The summed E-state index contributed by atoms with van der Waals surface area (Å²) in [5, 5.41) is 2.19. The molecule has 0 bridgehead atoms. The second kappa shape index (κ2) is 7.69. The molecule has 0 saturated heterocycles. The van der Waals surface area contributed by atoms with Gasteiger partial charge < -0.3 is 0 Å². The molecular formula is C16H25BrS. The number of alkyl halides is 1. The summed E-state index contributed by atoms with van der Waals surface area (Å²) in [7, 11) is 0. The molecule has 1 aromatic heterocycles. The van der Waals surface area contributed by atoms with E-state index in [0.717, 1.165) is 11.8 Å². The first-order valence-electron chi connectivity index (χ1n) is 7.46. The Morgan fingerprint density at radius 2 is 2.11 bits per heavy atom. The summed E-state index contributed by atoms with van der Waals surface area (Å²) in [4.78, 5) is 2.23. The minimum Gasteiger partial charge on any atom is -0.149 e. The van der Waals surface area contributed by atoms with Crippen LogP contribution in [-0.4, -0.2) is 4.83 Å². The SMILES string of the molecule is CCCCC1CCC(C(Br)Cc2cccs2)CC1. The first kappa shape index (κ1) is 14.6. The van der Waals surface area contributed by atoms with E-state index in [4.69, 9.17) is 0 Å². The van der Waals surface area contributed by atoms with Crippen molar-refractivity contribution in [3.05, 3.63) is 22.4 Å². The highest BCUT2D eigenvalue weighted by atomic mass is 79.9. The molecule has 1 aliphatic carbocycles. The Morgan fingerprint density at radius 1 is 1.33 bits per heavy atom. The monoisotopic (exact) mass is 328 g/mol. The van der Waals surface area contributed by atoms with Crippen LogP contribution in [0.4, 0.5) is 0 Å². The van der Waals surface area contributed by atoms with Gasteiger partial charge in [-0.3, -0.25) is 0 Å². The van der Waals surface area contributed by atoms with Crippen LogP contribution in [0.25, 0.3) is 0 Å². The van der Waals surface area contributed by atoms with E-state index in [1.807, 2.05) is 11.3 Å². The number of halogens is 1. The van der Waals surface area contributed by atoms with Gasteiger partial charge in [0.05, 0.1) is 0 Å². The van der Waals surface area contributed by atoms with E-state index in [9.17, 15) is 0 Å². The van der Waals surface area contributed by atoms with Gasteiger partial charge in [-0.2, -0.15) is 0 Å². The Hall–Kier alpha value is 0.180. The molecule has 0 N–H and O–H groups in total. The van der Waals surface area contributed by atoms with Gasteiger partial charge in [-0.05, 0) is 42.5 Å². The summed E-state index contributed by atoms with van der Waals surface area (Å²) in [5.41, 5.74) is 0. The van der Waals surface area contributed by atoms with Crippen molar-refractivity contribution in [1.82, 2.24) is 0 Å². The molecule has 2 rings (SSSR count). The largest absolute Gasteiger partial charge is 0.149 e. The van der Waals surface area contributed by atoms with Crippen molar-refractivity contribution in [2.24, 2.45) is 11.8 Å². The van der Waals surface area contributed by atoms with Crippen LogP contribution in [0.15, 0.2) is 17.5 Å². The number of hydrogen-bond acceptors (Lipinski definition) is 1. The minimum absolute atomic E-state index is 0.697. The van der Waals surface area contributed by atoms with Crippen LogP contribution in [0.1, 0.15) is 56.7 Å². The summed E-state index contributed by atoms with van der Waals surface area (Å²) in [6.45, 7) is 2.31. The van der Waals surface area contributed by atoms with E-state index in [0.29, 0.717) is 4.83 Å². The molecule has 0 radical (unpaired) electrons. The molecule has 1 saturated carbocycles. The van der Waals surface area contributed by atoms with Crippen molar-refractivity contribution >= 4 is 27.3 Å². The van der Waals surface area contributed by atoms with Crippen molar-refractivity contribution in [2.75, 3.05) is 0 Å². The second-order valence-electron chi connectivity index (χ2n) is 5.72. The molecule has 1 aliphatic rings. The fourth-order valence-corrected chi connectivity index (χ4v) is 4.98. The van der Waals surface area contributed by atoms with E-state index in [-0.39, 0.29) is 0 Å². The molecule has 0 amide bonds. The van der Waals surface area contributed by atoms with E-state index in [1.165, 1.54) is 56.2 Å². The normalized spacial score (nSPS) is 26.1. The highest BCUT2D eigenvalue weighted by molar-refractivity contribution is 9.09. The van der Waals surface area contributed by atoms with Crippen LogP contribution < -0.4 is 0 Å². The van der Waals surface area contributed by atoms with Gasteiger partial charge in [-0.25, -0.2) is 0 Å². The molecule has 102 valence electrons. The molecule has 18 heavy (non-hydrogen) atoms. The zero-order valence-corrected chi connectivity index (χ0v) is 13.8. The predicted molar refractivity (Wildman–Crippen MR) is 85.7 cm³/mol.